The lowest BCUT2D eigenvalue weighted by molar-refractivity contribution is 0.600. The minimum atomic E-state index is -3.80. The number of anilines is 1. The van der Waals surface area contributed by atoms with Crippen LogP contribution >= 0.6 is 0 Å². The van der Waals surface area contributed by atoms with Gasteiger partial charge in [0.05, 0.1) is 10.6 Å². The van der Waals surface area contributed by atoms with Crippen LogP contribution in [-0.2, 0) is 10.0 Å². The van der Waals surface area contributed by atoms with Gasteiger partial charge in [0, 0.05) is 6.07 Å². The standard InChI is InChI=1S/C18H19FN4O2S/c1-3-13(2)14-4-7-16(8-5-14)26(24,25)22-15-6-9-18(17(19)10-15)23-12-20-11-21-23/h4-13,22H,3H2,1-2H3/t13-/m1/s1. The summed E-state index contributed by atoms with van der Waals surface area (Å²) >= 11 is 0. The Bertz CT molecular complexity index is 987. The summed E-state index contributed by atoms with van der Waals surface area (Å²) < 4.78 is 42.9. The SMILES string of the molecule is CC[C@@H](C)c1ccc(S(=O)(=O)Nc2ccc(-n3cncn3)c(F)c2)cc1. The molecule has 0 aliphatic carbocycles. The van der Waals surface area contributed by atoms with Crippen LogP contribution in [0.2, 0.25) is 0 Å². The lowest BCUT2D eigenvalue weighted by atomic mass is 9.99. The maximum Gasteiger partial charge on any atom is 0.261 e. The first-order chi connectivity index (χ1) is 12.4. The van der Waals surface area contributed by atoms with E-state index in [-0.39, 0.29) is 16.3 Å². The predicted molar refractivity (Wildman–Crippen MR) is 97.3 cm³/mol. The Kier molecular flexibility index (Phi) is 5.03. The van der Waals surface area contributed by atoms with Crippen LogP contribution in [0.1, 0.15) is 31.7 Å². The molecule has 0 spiro atoms. The lowest BCUT2D eigenvalue weighted by Crippen LogP contribution is -2.13. The van der Waals surface area contributed by atoms with Gasteiger partial charge in [0.15, 0.2) is 5.82 Å². The molecule has 1 N–H and O–H groups in total. The van der Waals surface area contributed by atoms with Crippen molar-refractivity contribution in [3.8, 4) is 5.69 Å². The van der Waals surface area contributed by atoms with Crippen LogP contribution in [0.4, 0.5) is 10.1 Å². The molecule has 1 aromatic heterocycles. The molecule has 0 aliphatic heterocycles. The van der Waals surface area contributed by atoms with E-state index < -0.39 is 15.8 Å². The smallest absolute Gasteiger partial charge is 0.261 e. The van der Waals surface area contributed by atoms with E-state index >= 15 is 0 Å². The number of rotatable bonds is 6. The second-order valence-electron chi connectivity index (χ2n) is 5.99. The van der Waals surface area contributed by atoms with Crippen molar-refractivity contribution in [2.45, 2.75) is 31.1 Å². The van der Waals surface area contributed by atoms with Crippen LogP contribution < -0.4 is 4.72 Å². The number of nitrogens with one attached hydrogen (secondary N) is 1. The summed E-state index contributed by atoms with van der Waals surface area (Å²) in [6.07, 6.45) is 3.63. The van der Waals surface area contributed by atoms with Gasteiger partial charge in [-0.15, -0.1) is 0 Å². The van der Waals surface area contributed by atoms with Gasteiger partial charge in [0.1, 0.15) is 18.3 Å². The molecular formula is C18H19FN4O2S. The second kappa shape index (κ2) is 7.25. The number of sulfonamides is 1. The van der Waals surface area contributed by atoms with Crippen molar-refractivity contribution in [2.75, 3.05) is 4.72 Å². The minimum absolute atomic E-state index is 0.130. The summed E-state index contributed by atoms with van der Waals surface area (Å²) in [6, 6.07) is 10.8. The van der Waals surface area contributed by atoms with E-state index in [0.717, 1.165) is 18.1 Å². The van der Waals surface area contributed by atoms with E-state index in [1.807, 2.05) is 0 Å². The average Bonchev–Trinajstić information content (AvgIpc) is 3.15. The number of halogens is 1. The quantitative estimate of drug-likeness (QED) is 0.713. The molecule has 0 amide bonds. The van der Waals surface area contributed by atoms with Gasteiger partial charge in [-0.05, 0) is 42.2 Å². The van der Waals surface area contributed by atoms with E-state index in [9.17, 15) is 12.8 Å². The van der Waals surface area contributed by atoms with Crippen molar-refractivity contribution < 1.29 is 12.8 Å². The first kappa shape index (κ1) is 18.1. The van der Waals surface area contributed by atoms with Gasteiger partial charge in [-0.1, -0.05) is 26.0 Å². The molecule has 26 heavy (non-hydrogen) atoms. The number of aromatic nitrogens is 3. The zero-order chi connectivity index (χ0) is 18.7. The number of hydrogen-bond donors (Lipinski definition) is 1. The molecule has 3 rings (SSSR count). The maximum absolute atomic E-state index is 14.2. The molecule has 0 fully saturated rings. The number of benzene rings is 2. The van der Waals surface area contributed by atoms with Crippen molar-refractivity contribution in [3.05, 3.63) is 66.5 Å². The summed E-state index contributed by atoms with van der Waals surface area (Å²) in [5.41, 5.74) is 1.40. The zero-order valence-corrected chi connectivity index (χ0v) is 15.2. The van der Waals surface area contributed by atoms with Gasteiger partial charge in [-0.3, -0.25) is 4.72 Å². The van der Waals surface area contributed by atoms with E-state index in [4.69, 9.17) is 0 Å². The Labute approximate surface area is 151 Å². The predicted octanol–water partition coefficient (Wildman–Crippen LogP) is 3.72. The minimum Gasteiger partial charge on any atom is -0.280 e. The molecule has 0 aliphatic rings. The highest BCUT2D eigenvalue weighted by Crippen LogP contribution is 2.23. The highest BCUT2D eigenvalue weighted by Gasteiger charge is 2.16. The lowest BCUT2D eigenvalue weighted by Gasteiger charge is -2.12. The van der Waals surface area contributed by atoms with Crippen LogP contribution in [0.5, 0.6) is 0 Å². The molecule has 1 atom stereocenters. The Morgan fingerprint density at radius 1 is 1.19 bits per heavy atom. The van der Waals surface area contributed by atoms with E-state index in [1.54, 1.807) is 24.3 Å². The van der Waals surface area contributed by atoms with Crippen LogP contribution in [-0.4, -0.2) is 23.2 Å². The molecule has 3 aromatic rings. The molecule has 0 saturated carbocycles. The summed E-state index contributed by atoms with van der Waals surface area (Å²) in [7, 11) is -3.80. The van der Waals surface area contributed by atoms with E-state index in [1.165, 1.54) is 29.5 Å². The fourth-order valence-electron chi connectivity index (χ4n) is 2.51. The van der Waals surface area contributed by atoms with Gasteiger partial charge >= 0.3 is 0 Å². The highest BCUT2D eigenvalue weighted by molar-refractivity contribution is 7.92. The van der Waals surface area contributed by atoms with Crippen molar-refractivity contribution >= 4 is 15.7 Å². The molecule has 2 aromatic carbocycles. The van der Waals surface area contributed by atoms with Crippen molar-refractivity contribution in [1.82, 2.24) is 14.8 Å². The monoisotopic (exact) mass is 374 g/mol. The maximum atomic E-state index is 14.2. The summed E-state index contributed by atoms with van der Waals surface area (Å²) in [6.45, 7) is 4.16. The molecule has 0 saturated heterocycles. The first-order valence-corrected chi connectivity index (χ1v) is 9.66. The highest BCUT2D eigenvalue weighted by atomic mass is 32.2. The van der Waals surface area contributed by atoms with Gasteiger partial charge in [0.2, 0.25) is 0 Å². The molecule has 0 bridgehead atoms. The fourth-order valence-corrected chi connectivity index (χ4v) is 3.56. The Morgan fingerprint density at radius 3 is 2.50 bits per heavy atom. The number of hydrogen-bond acceptors (Lipinski definition) is 4. The topological polar surface area (TPSA) is 76.9 Å². The zero-order valence-electron chi connectivity index (χ0n) is 14.4. The second-order valence-corrected chi connectivity index (χ2v) is 7.67. The first-order valence-electron chi connectivity index (χ1n) is 8.18. The molecule has 0 unspecified atom stereocenters. The molecule has 0 radical (unpaired) electrons. The van der Waals surface area contributed by atoms with Crippen LogP contribution in [0, 0.1) is 5.82 Å². The fraction of sp³-hybridized carbons (Fsp3) is 0.222. The van der Waals surface area contributed by atoms with Crippen molar-refractivity contribution in [3.63, 3.8) is 0 Å². The van der Waals surface area contributed by atoms with Gasteiger partial charge in [-0.25, -0.2) is 22.5 Å². The van der Waals surface area contributed by atoms with Crippen LogP contribution in [0.3, 0.4) is 0 Å². The summed E-state index contributed by atoms with van der Waals surface area (Å²) in [5, 5.41) is 3.86. The van der Waals surface area contributed by atoms with Crippen molar-refractivity contribution in [2.24, 2.45) is 0 Å². The van der Waals surface area contributed by atoms with Crippen LogP contribution in [0.15, 0.2) is 60.0 Å². The molecule has 1 heterocycles. The normalized spacial score (nSPS) is 12.7. The van der Waals surface area contributed by atoms with Gasteiger partial charge < -0.3 is 0 Å². The molecular weight excluding hydrogens is 355 g/mol. The molecule has 6 nitrogen and oxygen atoms in total. The Balaban J connectivity index is 1.82. The Morgan fingerprint density at radius 2 is 1.92 bits per heavy atom. The van der Waals surface area contributed by atoms with E-state index in [2.05, 4.69) is 28.7 Å². The largest absolute Gasteiger partial charge is 0.280 e. The third kappa shape index (κ3) is 3.75. The summed E-state index contributed by atoms with van der Waals surface area (Å²) in [5.74, 6) is -0.249. The van der Waals surface area contributed by atoms with Gasteiger partial charge in [-0.2, -0.15) is 5.10 Å². The third-order valence-corrected chi connectivity index (χ3v) is 5.63. The molecule has 8 heteroatoms. The van der Waals surface area contributed by atoms with E-state index in [0.29, 0.717) is 5.92 Å². The summed E-state index contributed by atoms with van der Waals surface area (Å²) in [4.78, 5) is 3.89. The van der Waals surface area contributed by atoms with Crippen LogP contribution in [0.25, 0.3) is 5.69 Å². The van der Waals surface area contributed by atoms with Crippen molar-refractivity contribution in [1.29, 1.82) is 0 Å². The average molecular weight is 374 g/mol. The van der Waals surface area contributed by atoms with Gasteiger partial charge in [0.25, 0.3) is 10.0 Å². The Hall–Kier alpha value is -2.74. The molecule has 136 valence electrons. The number of nitrogens with zero attached hydrogens (tertiary/aromatic N) is 3. The third-order valence-electron chi connectivity index (χ3n) is 4.24.